The van der Waals surface area contributed by atoms with E-state index in [2.05, 4.69) is 0 Å². The third-order valence-corrected chi connectivity index (χ3v) is 3.77. The summed E-state index contributed by atoms with van der Waals surface area (Å²) in [5, 5.41) is 0. The number of rotatable bonds is 2. The Labute approximate surface area is 111 Å². The van der Waals surface area contributed by atoms with E-state index in [4.69, 9.17) is 9.31 Å². The Morgan fingerprint density at radius 1 is 1.11 bits per heavy atom. The third kappa shape index (κ3) is 2.19. The van der Waals surface area contributed by atoms with E-state index in [-0.39, 0.29) is 11.0 Å². The molecule has 0 atom stereocenters. The lowest BCUT2D eigenvalue weighted by Crippen LogP contribution is -2.41. The maximum atomic E-state index is 14.1. The molecular formula is C13H15BF2O3. The second kappa shape index (κ2) is 4.39. The summed E-state index contributed by atoms with van der Waals surface area (Å²) in [6.07, 6.45) is 0.337. The molecule has 102 valence electrons. The van der Waals surface area contributed by atoms with Crippen LogP contribution in [0.1, 0.15) is 38.1 Å². The summed E-state index contributed by atoms with van der Waals surface area (Å²) in [6.45, 7) is 7.14. The molecule has 1 aliphatic heterocycles. The van der Waals surface area contributed by atoms with Crippen molar-refractivity contribution in [2.45, 2.75) is 38.9 Å². The topological polar surface area (TPSA) is 35.5 Å². The zero-order valence-electron chi connectivity index (χ0n) is 11.3. The minimum atomic E-state index is -1.16. The van der Waals surface area contributed by atoms with Gasteiger partial charge in [0.25, 0.3) is 0 Å². The number of hydrogen-bond donors (Lipinski definition) is 0. The molecule has 0 aromatic heterocycles. The summed E-state index contributed by atoms with van der Waals surface area (Å²) in [5.74, 6) is -1.73. The van der Waals surface area contributed by atoms with Gasteiger partial charge in [-0.2, -0.15) is 0 Å². The molecule has 1 saturated heterocycles. The molecule has 1 aliphatic rings. The van der Waals surface area contributed by atoms with Crippen LogP contribution in [0.15, 0.2) is 12.1 Å². The van der Waals surface area contributed by atoms with E-state index < -0.39 is 30.0 Å². The van der Waals surface area contributed by atoms with Crippen molar-refractivity contribution in [2.24, 2.45) is 0 Å². The zero-order valence-corrected chi connectivity index (χ0v) is 11.3. The summed E-state index contributed by atoms with van der Waals surface area (Å²) >= 11 is 0. The van der Waals surface area contributed by atoms with Gasteiger partial charge in [-0.15, -0.1) is 0 Å². The Balaban J connectivity index is 2.48. The number of hydrogen-bond acceptors (Lipinski definition) is 3. The van der Waals surface area contributed by atoms with Gasteiger partial charge in [-0.25, -0.2) is 8.78 Å². The van der Waals surface area contributed by atoms with Crippen molar-refractivity contribution in [2.75, 3.05) is 0 Å². The van der Waals surface area contributed by atoms with Crippen molar-refractivity contribution < 1.29 is 22.9 Å². The van der Waals surface area contributed by atoms with Crippen LogP contribution < -0.4 is 5.46 Å². The molecular weight excluding hydrogens is 253 g/mol. The highest BCUT2D eigenvalue weighted by molar-refractivity contribution is 6.62. The molecule has 1 heterocycles. The number of carbonyl (C=O) groups excluding carboxylic acids is 1. The minimum Gasteiger partial charge on any atom is -0.399 e. The Morgan fingerprint density at radius 2 is 1.63 bits per heavy atom. The summed E-state index contributed by atoms with van der Waals surface area (Å²) in [6, 6.07) is 2.12. The van der Waals surface area contributed by atoms with Crippen LogP contribution in [-0.4, -0.2) is 24.6 Å². The van der Waals surface area contributed by atoms with Crippen LogP contribution >= 0.6 is 0 Å². The van der Waals surface area contributed by atoms with Crippen LogP contribution in [0.25, 0.3) is 0 Å². The molecule has 0 saturated carbocycles. The van der Waals surface area contributed by atoms with Crippen molar-refractivity contribution in [3.8, 4) is 0 Å². The predicted molar refractivity (Wildman–Crippen MR) is 67.5 cm³/mol. The normalized spacial score (nSPS) is 20.6. The predicted octanol–water partition coefficient (Wildman–Crippen LogP) is 2.08. The Kier molecular flexibility index (Phi) is 3.27. The number of halogens is 2. The van der Waals surface area contributed by atoms with E-state index in [9.17, 15) is 13.6 Å². The first-order valence-electron chi connectivity index (χ1n) is 5.98. The van der Waals surface area contributed by atoms with Crippen molar-refractivity contribution in [3.05, 3.63) is 29.3 Å². The Bertz CT molecular complexity index is 513. The lowest BCUT2D eigenvalue weighted by molar-refractivity contribution is 0.00578. The van der Waals surface area contributed by atoms with Crippen LogP contribution in [0.5, 0.6) is 0 Å². The molecule has 6 heteroatoms. The molecule has 3 nitrogen and oxygen atoms in total. The second-order valence-electron chi connectivity index (χ2n) is 5.57. The Morgan fingerprint density at radius 3 is 2.11 bits per heavy atom. The van der Waals surface area contributed by atoms with Gasteiger partial charge >= 0.3 is 7.12 Å². The standard InChI is InChI=1S/C13H15BF2O3/c1-12(2)13(3,4)19-14(18-12)10-9(15)6-5-8(7-17)11(10)16/h5-7H,1-4H3. The number of carbonyl (C=O) groups is 1. The lowest BCUT2D eigenvalue weighted by atomic mass is 9.77. The average molecular weight is 268 g/mol. The average Bonchev–Trinajstić information content (AvgIpc) is 2.48. The third-order valence-electron chi connectivity index (χ3n) is 3.77. The molecule has 0 radical (unpaired) electrons. The lowest BCUT2D eigenvalue weighted by Gasteiger charge is -2.32. The van der Waals surface area contributed by atoms with Crippen molar-refractivity contribution in [1.82, 2.24) is 0 Å². The van der Waals surface area contributed by atoms with Gasteiger partial charge in [-0.3, -0.25) is 4.79 Å². The maximum Gasteiger partial charge on any atom is 0.500 e. The zero-order chi connectivity index (χ0) is 14.4. The molecule has 0 aliphatic carbocycles. The smallest absolute Gasteiger partial charge is 0.399 e. The number of aldehydes is 1. The Hall–Kier alpha value is -1.27. The maximum absolute atomic E-state index is 14.1. The quantitative estimate of drug-likeness (QED) is 0.608. The molecule has 2 rings (SSSR count). The monoisotopic (exact) mass is 268 g/mol. The van der Waals surface area contributed by atoms with Gasteiger partial charge in [0.05, 0.1) is 16.7 Å². The van der Waals surface area contributed by atoms with E-state index in [1.807, 2.05) is 0 Å². The van der Waals surface area contributed by atoms with Gasteiger partial charge in [0, 0.05) is 5.56 Å². The van der Waals surface area contributed by atoms with Gasteiger partial charge in [0.1, 0.15) is 11.6 Å². The van der Waals surface area contributed by atoms with Crippen LogP contribution in [0.4, 0.5) is 8.78 Å². The summed E-state index contributed by atoms with van der Waals surface area (Å²) in [5.41, 5.74) is -1.98. The SMILES string of the molecule is CC1(C)OB(c2c(F)ccc(C=O)c2F)OC1(C)C. The molecule has 1 aromatic rings. The van der Waals surface area contributed by atoms with Crippen molar-refractivity contribution >= 4 is 18.9 Å². The minimum absolute atomic E-state index is 0.217. The fraction of sp³-hybridized carbons (Fsp3) is 0.462. The summed E-state index contributed by atoms with van der Waals surface area (Å²) in [4.78, 5) is 10.7. The molecule has 1 fully saturated rings. The molecule has 0 amide bonds. The number of benzene rings is 1. The highest BCUT2D eigenvalue weighted by Crippen LogP contribution is 2.36. The molecule has 0 bridgehead atoms. The fourth-order valence-electron chi connectivity index (χ4n) is 1.85. The fourth-order valence-corrected chi connectivity index (χ4v) is 1.85. The van der Waals surface area contributed by atoms with E-state index in [0.717, 1.165) is 12.1 Å². The first-order chi connectivity index (χ1) is 8.69. The van der Waals surface area contributed by atoms with E-state index >= 15 is 0 Å². The largest absolute Gasteiger partial charge is 0.500 e. The van der Waals surface area contributed by atoms with Gasteiger partial charge in [0.2, 0.25) is 0 Å². The molecule has 0 spiro atoms. The molecule has 0 unspecified atom stereocenters. The van der Waals surface area contributed by atoms with E-state index in [0.29, 0.717) is 6.29 Å². The highest BCUT2D eigenvalue weighted by Gasteiger charge is 2.53. The first-order valence-corrected chi connectivity index (χ1v) is 5.98. The van der Waals surface area contributed by atoms with Gasteiger partial charge in [-0.05, 0) is 39.8 Å². The van der Waals surface area contributed by atoms with Crippen molar-refractivity contribution in [3.63, 3.8) is 0 Å². The van der Waals surface area contributed by atoms with Gasteiger partial charge < -0.3 is 9.31 Å². The molecule has 19 heavy (non-hydrogen) atoms. The molecule has 0 N–H and O–H groups in total. The van der Waals surface area contributed by atoms with Crippen LogP contribution in [0, 0.1) is 11.6 Å². The van der Waals surface area contributed by atoms with Crippen LogP contribution in [0.3, 0.4) is 0 Å². The van der Waals surface area contributed by atoms with Crippen LogP contribution in [-0.2, 0) is 9.31 Å². The van der Waals surface area contributed by atoms with Gasteiger partial charge in [-0.1, -0.05) is 0 Å². The molecule has 1 aromatic carbocycles. The van der Waals surface area contributed by atoms with E-state index in [1.54, 1.807) is 27.7 Å². The summed E-state index contributed by atoms with van der Waals surface area (Å²) < 4.78 is 39.1. The second-order valence-corrected chi connectivity index (χ2v) is 5.57. The van der Waals surface area contributed by atoms with E-state index in [1.165, 1.54) is 0 Å². The summed E-state index contributed by atoms with van der Waals surface area (Å²) in [7, 11) is -1.16. The van der Waals surface area contributed by atoms with Crippen LogP contribution in [0.2, 0.25) is 0 Å². The highest BCUT2D eigenvalue weighted by atomic mass is 19.1. The first kappa shape index (κ1) is 14.2. The van der Waals surface area contributed by atoms with Gasteiger partial charge in [0.15, 0.2) is 6.29 Å². The van der Waals surface area contributed by atoms with Crippen molar-refractivity contribution in [1.29, 1.82) is 0 Å².